The first kappa shape index (κ1) is 26.5. The van der Waals surface area contributed by atoms with Gasteiger partial charge in [0.15, 0.2) is 0 Å². The third-order valence-corrected chi connectivity index (χ3v) is 8.68. The second kappa shape index (κ2) is 11.2. The zero-order chi connectivity index (χ0) is 25.2. The number of halogens is 2. The van der Waals surface area contributed by atoms with E-state index in [2.05, 4.69) is 9.80 Å². The van der Waals surface area contributed by atoms with E-state index < -0.39 is 6.04 Å². The lowest BCUT2D eigenvalue weighted by Gasteiger charge is -2.38. The van der Waals surface area contributed by atoms with E-state index in [1.54, 1.807) is 24.1 Å². The molecule has 10 heteroatoms. The molecule has 1 spiro atoms. The van der Waals surface area contributed by atoms with Crippen LogP contribution in [-0.2, 0) is 9.59 Å². The number of piperidine rings is 1. The number of likely N-dealkylation sites (N-methyl/N-ethyl adjacent to an activating group) is 1. The molecule has 4 rings (SSSR count). The molecule has 3 fully saturated rings. The van der Waals surface area contributed by atoms with Crippen molar-refractivity contribution in [2.24, 2.45) is 5.41 Å². The number of rotatable bonds is 8. The highest BCUT2D eigenvalue weighted by molar-refractivity contribution is 6.42. The second-order valence-corrected chi connectivity index (χ2v) is 11.0. The highest BCUT2D eigenvalue weighted by Crippen LogP contribution is 2.53. The van der Waals surface area contributed by atoms with E-state index in [0.717, 1.165) is 31.5 Å². The van der Waals surface area contributed by atoms with Crippen LogP contribution >= 0.6 is 23.2 Å². The number of benzene rings is 1. The Kier molecular flexibility index (Phi) is 8.49. The zero-order valence-corrected chi connectivity index (χ0v) is 21.8. The van der Waals surface area contributed by atoms with Gasteiger partial charge in [-0.15, -0.1) is 0 Å². The van der Waals surface area contributed by atoms with Crippen molar-refractivity contribution < 1.29 is 19.8 Å². The van der Waals surface area contributed by atoms with Gasteiger partial charge in [-0.1, -0.05) is 23.2 Å². The van der Waals surface area contributed by atoms with Crippen molar-refractivity contribution in [3.05, 3.63) is 28.2 Å². The summed E-state index contributed by atoms with van der Waals surface area (Å²) in [6, 6.07) is 4.83. The summed E-state index contributed by atoms with van der Waals surface area (Å²) in [7, 11) is 1.66. The Morgan fingerprint density at radius 1 is 1.17 bits per heavy atom. The first-order chi connectivity index (χ1) is 16.7. The number of carbonyl (C=O) groups is 2. The van der Waals surface area contributed by atoms with E-state index in [1.807, 2.05) is 6.07 Å². The maximum atomic E-state index is 13.4. The molecule has 0 bridgehead atoms. The quantitative estimate of drug-likeness (QED) is 0.539. The van der Waals surface area contributed by atoms with Gasteiger partial charge in [0.1, 0.15) is 6.04 Å². The van der Waals surface area contributed by atoms with Gasteiger partial charge in [0.2, 0.25) is 11.8 Å². The average Bonchev–Trinajstić information content (AvgIpc) is 3.64. The highest BCUT2D eigenvalue weighted by atomic mass is 35.5. The topological polar surface area (TPSA) is 87.6 Å². The Morgan fingerprint density at radius 3 is 2.60 bits per heavy atom. The van der Waals surface area contributed by atoms with Gasteiger partial charge in [-0.05, 0) is 55.8 Å². The fourth-order valence-electron chi connectivity index (χ4n) is 5.36. The van der Waals surface area contributed by atoms with Crippen LogP contribution < -0.4 is 4.90 Å². The minimum absolute atomic E-state index is 0.0566. The Morgan fingerprint density at radius 2 is 1.94 bits per heavy atom. The van der Waals surface area contributed by atoms with Gasteiger partial charge in [-0.25, -0.2) is 0 Å². The summed E-state index contributed by atoms with van der Waals surface area (Å²) in [6.45, 7) is 3.76. The van der Waals surface area contributed by atoms with Crippen molar-refractivity contribution in [3.8, 4) is 0 Å². The second-order valence-electron chi connectivity index (χ2n) is 10.1. The maximum Gasteiger partial charge on any atom is 0.245 e. The first-order valence-corrected chi connectivity index (χ1v) is 13.3. The summed E-state index contributed by atoms with van der Waals surface area (Å²) in [6.07, 6.45) is 3.66. The van der Waals surface area contributed by atoms with E-state index in [1.165, 1.54) is 4.90 Å². The lowest BCUT2D eigenvalue weighted by Crippen LogP contribution is -2.53. The lowest BCUT2D eigenvalue weighted by molar-refractivity contribution is -0.145. The van der Waals surface area contributed by atoms with Gasteiger partial charge in [-0.3, -0.25) is 9.59 Å². The zero-order valence-electron chi connectivity index (χ0n) is 20.3. The van der Waals surface area contributed by atoms with Crippen molar-refractivity contribution in [2.45, 2.75) is 44.2 Å². The predicted octanol–water partition coefficient (Wildman–Crippen LogP) is 2.09. The highest BCUT2D eigenvalue weighted by Gasteiger charge is 2.51. The van der Waals surface area contributed by atoms with E-state index in [-0.39, 0.29) is 36.5 Å². The van der Waals surface area contributed by atoms with Gasteiger partial charge in [0, 0.05) is 58.4 Å². The molecule has 2 saturated heterocycles. The van der Waals surface area contributed by atoms with E-state index in [4.69, 9.17) is 23.2 Å². The number of aliphatic hydroxyl groups is 2. The Balaban J connectivity index is 1.45. The molecule has 1 aromatic rings. The van der Waals surface area contributed by atoms with Gasteiger partial charge in [-0.2, -0.15) is 0 Å². The molecule has 1 aliphatic carbocycles. The molecule has 2 aliphatic heterocycles. The predicted molar refractivity (Wildman–Crippen MR) is 137 cm³/mol. The smallest absolute Gasteiger partial charge is 0.245 e. The molecular formula is C25H36Cl2N4O4. The summed E-state index contributed by atoms with van der Waals surface area (Å²) in [5.74, 6) is -0.217. The molecule has 1 saturated carbocycles. The minimum Gasteiger partial charge on any atom is -0.395 e. The molecule has 0 radical (unpaired) electrons. The normalized spacial score (nSPS) is 23.3. The van der Waals surface area contributed by atoms with Gasteiger partial charge in [0.05, 0.1) is 22.8 Å². The summed E-state index contributed by atoms with van der Waals surface area (Å²) in [4.78, 5) is 34.1. The molecule has 194 valence electrons. The number of hydrogen-bond donors (Lipinski definition) is 2. The van der Waals surface area contributed by atoms with Crippen molar-refractivity contribution in [1.82, 2.24) is 14.7 Å². The van der Waals surface area contributed by atoms with E-state index in [0.29, 0.717) is 55.6 Å². The monoisotopic (exact) mass is 526 g/mol. The van der Waals surface area contributed by atoms with Crippen LogP contribution in [0, 0.1) is 5.41 Å². The summed E-state index contributed by atoms with van der Waals surface area (Å²) in [5.41, 5.74) is 1.02. The van der Waals surface area contributed by atoms with Crippen LogP contribution in [0.15, 0.2) is 18.2 Å². The molecule has 8 nitrogen and oxygen atoms in total. The van der Waals surface area contributed by atoms with Gasteiger partial charge >= 0.3 is 0 Å². The number of amides is 2. The van der Waals surface area contributed by atoms with E-state index in [9.17, 15) is 19.8 Å². The maximum absolute atomic E-state index is 13.4. The number of carbonyl (C=O) groups excluding carboxylic acids is 2. The molecule has 1 aromatic carbocycles. The number of β-amino-alcohol motifs (C(OH)–C–C–N with tert-alkyl or cyclic N) is 1. The molecule has 0 unspecified atom stereocenters. The molecule has 0 aromatic heterocycles. The van der Waals surface area contributed by atoms with Crippen LogP contribution in [0.4, 0.5) is 5.69 Å². The number of nitrogens with zero attached hydrogens (tertiary/aromatic N) is 4. The van der Waals surface area contributed by atoms with Crippen molar-refractivity contribution >= 4 is 40.7 Å². The third kappa shape index (κ3) is 6.05. The fraction of sp³-hybridized carbons (Fsp3) is 0.680. The number of anilines is 1. The Hall–Kier alpha value is -1.58. The summed E-state index contributed by atoms with van der Waals surface area (Å²) in [5, 5.41) is 20.9. The average molecular weight is 527 g/mol. The molecule has 3 aliphatic rings. The van der Waals surface area contributed by atoms with Gasteiger partial charge < -0.3 is 29.8 Å². The largest absolute Gasteiger partial charge is 0.395 e. The van der Waals surface area contributed by atoms with E-state index >= 15 is 0 Å². The molecule has 2 atom stereocenters. The van der Waals surface area contributed by atoms with Crippen molar-refractivity contribution in [1.29, 1.82) is 0 Å². The van der Waals surface area contributed by atoms with Crippen LogP contribution in [-0.4, -0.2) is 108 Å². The van der Waals surface area contributed by atoms with Crippen LogP contribution in [0.25, 0.3) is 0 Å². The van der Waals surface area contributed by atoms with Gasteiger partial charge in [0.25, 0.3) is 0 Å². The fourth-order valence-corrected chi connectivity index (χ4v) is 5.66. The lowest BCUT2D eigenvalue weighted by atomic mass is 9.90. The number of hydrogen-bond acceptors (Lipinski definition) is 6. The molecular weight excluding hydrogens is 491 g/mol. The van der Waals surface area contributed by atoms with Crippen molar-refractivity contribution in [2.75, 3.05) is 64.4 Å². The molecule has 2 amide bonds. The Bertz CT molecular complexity index is 929. The molecule has 2 heterocycles. The standard InChI is InChI=1S/C25H36Cl2N4O4/c1-28(14-15-32)24(35)21(4-9-29-11-8-25(6-7-25)22(33)17-29)31-13-12-30(10-5-23(31)34)18-2-3-19(26)20(27)16-18/h2-3,16,21-22,32-33H,4-15,17H2,1H3/t21-,22+/m0/s1. The van der Waals surface area contributed by atoms with Crippen LogP contribution in [0.5, 0.6) is 0 Å². The minimum atomic E-state index is -0.609. The van der Waals surface area contributed by atoms with Crippen LogP contribution in [0.1, 0.15) is 32.1 Å². The number of likely N-dealkylation sites (tertiary alicyclic amines) is 1. The Labute approximate surface area is 217 Å². The first-order valence-electron chi connectivity index (χ1n) is 12.5. The van der Waals surface area contributed by atoms with Crippen LogP contribution in [0.3, 0.4) is 0 Å². The molecule has 2 N–H and O–H groups in total. The SMILES string of the molecule is CN(CCO)C(=O)[C@H](CCN1CCC2(CC2)[C@H](O)C1)N1CCN(c2ccc(Cl)c(Cl)c2)CCC1=O. The summed E-state index contributed by atoms with van der Waals surface area (Å²) >= 11 is 12.3. The third-order valence-electron chi connectivity index (χ3n) is 7.94. The molecule has 35 heavy (non-hydrogen) atoms. The number of aliphatic hydroxyl groups excluding tert-OH is 2. The summed E-state index contributed by atoms with van der Waals surface area (Å²) < 4.78 is 0. The van der Waals surface area contributed by atoms with Crippen LogP contribution in [0.2, 0.25) is 10.0 Å². The van der Waals surface area contributed by atoms with Crippen molar-refractivity contribution in [3.63, 3.8) is 0 Å².